The van der Waals surface area contributed by atoms with Crippen LogP contribution in [0.25, 0.3) is 0 Å². The highest BCUT2D eigenvalue weighted by molar-refractivity contribution is 6.07. The van der Waals surface area contributed by atoms with Crippen molar-refractivity contribution in [2.45, 2.75) is 64.4 Å². The number of hydrogen-bond donors (Lipinski definition) is 0. The summed E-state index contributed by atoms with van der Waals surface area (Å²) < 4.78 is 5.46. The number of imide groups is 1. The number of hydrogen-bond acceptors (Lipinski definition) is 5. The van der Waals surface area contributed by atoms with Crippen LogP contribution in [0.3, 0.4) is 0 Å². The molecule has 5 aliphatic carbocycles. The molecule has 0 aromatic carbocycles. The van der Waals surface area contributed by atoms with Crippen molar-refractivity contribution in [2.75, 3.05) is 6.54 Å². The molecular weight excluding hydrogens is 370 g/mol. The topological polar surface area (TPSA) is 80.8 Å². The summed E-state index contributed by atoms with van der Waals surface area (Å²) in [4.78, 5) is 51.9. The maximum atomic E-state index is 13.3. The van der Waals surface area contributed by atoms with Crippen molar-refractivity contribution in [3.8, 4) is 0 Å². The van der Waals surface area contributed by atoms with E-state index in [2.05, 4.69) is 0 Å². The Bertz CT molecular complexity index is 738. The third-order valence-corrected chi connectivity index (χ3v) is 8.12. The molecule has 5 fully saturated rings. The van der Waals surface area contributed by atoms with E-state index >= 15 is 0 Å². The quantitative estimate of drug-likeness (QED) is 0.403. The second-order valence-corrected chi connectivity index (χ2v) is 10.1. The summed E-state index contributed by atoms with van der Waals surface area (Å²) in [7, 11) is 0. The highest BCUT2D eigenvalue weighted by Gasteiger charge is 2.55. The van der Waals surface area contributed by atoms with E-state index in [0.717, 1.165) is 24.2 Å². The van der Waals surface area contributed by atoms with Gasteiger partial charge in [-0.25, -0.2) is 0 Å². The van der Waals surface area contributed by atoms with Gasteiger partial charge in [-0.2, -0.15) is 0 Å². The van der Waals surface area contributed by atoms with Gasteiger partial charge >= 0.3 is 5.97 Å². The average Bonchev–Trinajstić information content (AvgIpc) is 2.91. The molecule has 1 aliphatic heterocycles. The molecule has 2 amide bonds. The van der Waals surface area contributed by atoms with Gasteiger partial charge < -0.3 is 4.74 Å². The highest BCUT2D eigenvalue weighted by Crippen LogP contribution is 2.60. The van der Waals surface area contributed by atoms with E-state index in [-0.39, 0.29) is 41.4 Å². The molecular formula is C23H29NO5. The molecule has 29 heavy (non-hydrogen) atoms. The van der Waals surface area contributed by atoms with Crippen LogP contribution < -0.4 is 0 Å². The van der Waals surface area contributed by atoms with Gasteiger partial charge in [0.1, 0.15) is 6.54 Å². The molecule has 0 unspecified atom stereocenters. The van der Waals surface area contributed by atoms with Crippen LogP contribution in [0.15, 0.2) is 12.2 Å². The van der Waals surface area contributed by atoms with Gasteiger partial charge in [-0.15, -0.1) is 0 Å². The molecule has 3 atom stereocenters. The number of fused-ring (bicyclic) bond motifs is 1. The standard InChI is InChI=1S/C23H29NO5/c1-13(20(26)23-9-14-6-15(10-23)8-16(7-14)11-23)29-19(25)12-24-21(27)17-4-2-3-5-18(17)22(24)28/h2-3,13-18H,4-12H2,1H3/t13-,14?,15?,16?,17-,18+,23?/m0/s1. The van der Waals surface area contributed by atoms with E-state index < -0.39 is 12.1 Å². The molecule has 6 rings (SSSR count). The molecule has 6 nitrogen and oxygen atoms in total. The second-order valence-electron chi connectivity index (χ2n) is 10.1. The van der Waals surface area contributed by atoms with Crippen molar-refractivity contribution in [2.24, 2.45) is 35.0 Å². The summed E-state index contributed by atoms with van der Waals surface area (Å²) in [6.07, 6.45) is 10.6. The summed E-state index contributed by atoms with van der Waals surface area (Å²) in [6.45, 7) is 1.26. The zero-order valence-electron chi connectivity index (χ0n) is 17.0. The van der Waals surface area contributed by atoms with Crippen molar-refractivity contribution in [3.05, 3.63) is 12.2 Å². The summed E-state index contributed by atoms with van der Waals surface area (Å²) in [6, 6.07) is 0. The van der Waals surface area contributed by atoms with Gasteiger partial charge in [-0.05, 0) is 76.0 Å². The molecule has 156 valence electrons. The maximum absolute atomic E-state index is 13.3. The first-order chi connectivity index (χ1) is 13.9. The van der Waals surface area contributed by atoms with Crippen LogP contribution in [0.5, 0.6) is 0 Å². The van der Waals surface area contributed by atoms with E-state index in [1.165, 1.54) is 19.3 Å². The van der Waals surface area contributed by atoms with Crippen molar-refractivity contribution in [1.29, 1.82) is 0 Å². The Balaban J connectivity index is 1.22. The molecule has 1 heterocycles. The van der Waals surface area contributed by atoms with Gasteiger partial charge in [-0.3, -0.25) is 24.1 Å². The Kier molecular flexibility index (Phi) is 4.44. The number of allylic oxidation sites excluding steroid dienone is 2. The minimum atomic E-state index is -0.824. The second kappa shape index (κ2) is 6.78. The van der Waals surface area contributed by atoms with E-state index in [9.17, 15) is 19.2 Å². The van der Waals surface area contributed by atoms with Crippen LogP contribution in [0.4, 0.5) is 0 Å². The fourth-order valence-electron chi connectivity index (χ4n) is 7.29. The number of ether oxygens (including phenoxy) is 1. The normalized spacial score (nSPS) is 40.9. The zero-order chi connectivity index (χ0) is 20.3. The molecule has 4 saturated carbocycles. The Morgan fingerprint density at radius 3 is 1.97 bits per heavy atom. The molecule has 0 N–H and O–H groups in total. The van der Waals surface area contributed by atoms with Gasteiger partial charge in [0.25, 0.3) is 0 Å². The van der Waals surface area contributed by atoms with Crippen LogP contribution in [0.1, 0.15) is 58.3 Å². The Labute approximate surface area is 171 Å². The lowest BCUT2D eigenvalue weighted by molar-refractivity contribution is -0.167. The minimum absolute atomic E-state index is 0.0434. The van der Waals surface area contributed by atoms with Crippen LogP contribution >= 0.6 is 0 Å². The van der Waals surface area contributed by atoms with Crippen molar-refractivity contribution in [1.82, 2.24) is 4.90 Å². The maximum Gasteiger partial charge on any atom is 0.326 e. The summed E-state index contributed by atoms with van der Waals surface area (Å²) in [5.74, 6) is 0.0194. The van der Waals surface area contributed by atoms with Gasteiger partial charge in [0, 0.05) is 5.41 Å². The number of likely N-dealkylation sites (tertiary alicyclic amines) is 1. The highest BCUT2D eigenvalue weighted by atomic mass is 16.5. The Morgan fingerprint density at radius 2 is 1.48 bits per heavy atom. The molecule has 4 bridgehead atoms. The molecule has 1 saturated heterocycles. The molecule has 0 spiro atoms. The first-order valence-corrected chi connectivity index (χ1v) is 11.1. The zero-order valence-corrected chi connectivity index (χ0v) is 17.0. The van der Waals surface area contributed by atoms with E-state index in [1.54, 1.807) is 6.92 Å². The van der Waals surface area contributed by atoms with Gasteiger partial charge in [0.05, 0.1) is 11.8 Å². The van der Waals surface area contributed by atoms with E-state index in [0.29, 0.717) is 30.6 Å². The predicted molar refractivity (Wildman–Crippen MR) is 103 cm³/mol. The number of amides is 2. The number of nitrogens with zero attached hydrogens (tertiary/aromatic N) is 1. The lowest BCUT2D eigenvalue weighted by Crippen LogP contribution is -2.53. The smallest absolute Gasteiger partial charge is 0.326 e. The number of esters is 1. The number of rotatable bonds is 5. The van der Waals surface area contributed by atoms with Crippen molar-refractivity contribution >= 4 is 23.6 Å². The number of Topliss-reactive ketones (excluding diaryl/α,β-unsaturated/α-hetero) is 1. The first-order valence-electron chi connectivity index (χ1n) is 11.1. The van der Waals surface area contributed by atoms with E-state index in [4.69, 9.17) is 4.74 Å². The molecule has 0 aromatic heterocycles. The number of carbonyl (C=O) groups excluding carboxylic acids is 4. The first kappa shape index (κ1) is 19.0. The van der Waals surface area contributed by atoms with Gasteiger partial charge in [0.2, 0.25) is 11.8 Å². The van der Waals surface area contributed by atoms with Crippen molar-refractivity contribution in [3.63, 3.8) is 0 Å². The molecule has 6 heteroatoms. The van der Waals surface area contributed by atoms with Crippen LogP contribution in [0, 0.1) is 35.0 Å². The molecule has 6 aliphatic rings. The largest absolute Gasteiger partial charge is 0.453 e. The lowest BCUT2D eigenvalue weighted by Gasteiger charge is -2.56. The number of carbonyl (C=O) groups is 4. The Morgan fingerprint density at radius 1 is 1.00 bits per heavy atom. The fourth-order valence-corrected chi connectivity index (χ4v) is 7.29. The monoisotopic (exact) mass is 399 g/mol. The third kappa shape index (κ3) is 3.06. The van der Waals surface area contributed by atoms with Gasteiger partial charge in [0.15, 0.2) is 11.9 Å². The van der Waals surface area contributed by atoms with Crippen LogP contribution in [-0.2, 0) is 23.9 Å². The Hall–Kier alpha value is -1.98. The molecule has 0 radical (unpaired) electrons. The lowest BCUT2D eigenvalue weighted by atomic mass is 9.48. The van der Waals surface area contributed by atoms with Crippen molar-refractivity contribution < 1.29 is 23.9 Å². The SMILES string of the molecule is C[C@H](OC(=O)CN1C(=O)[C@H]2CC=CC[C@H]2C1=O)C(=O)C12CC3CC(CC(C3)C1)C2. The summed E-state index contributed by atoms with van der Waals surface area (Å²) in [5, 5.41) is 0. The van der Waals surface area contributed by atoms with E-state index in [1.807, 2.05) is 12.2 Å². The predicted octanol–water partition coefficient (Wildman–Crippen LogP) is 2.65. The van der Waals surface area contributed by atoms with Crippen LogP contribution in [-0.4, -0.2) is 41.1 Å². The number of ketones is 1. The average molecular weight is 399 g/mol. The fraction of sp³-hybridized carbons (Fsp3) is 0.739. The summed E-state index contributed by atoms with van der Waals surface area (Å²) >= 11 is 0. The minimum Gasteiger partial charge on any atom is -0.453 e. The molecule has 0 aromatic rings. The summed E-state index contributed by atoms with van der Waals surface area (Å²) in [5.41, 5.74) is -0.325. The van der Waals surface area contributed by atoms with Gasteiger partial charge in [-0.1, -0.05) is 12.2 Å². The van der Waals surface area contributed by atoms with Crippen LogP contribution in [0.2, 0.25) is 0 Å². The third-order valence-electron chi connectivity index (χ3n) is 8.12.